The smallest absolute Gasteiger partial charge is 0.283 e. The minimum atomic E-state index is -0.642. The Morgan fingerprint density at radius 3 is 2.79 bits per heavy atom. The van der Waals surface area contributed by atoms with E-state index in [0.29, 0.717) is 6.54 Å². The van der Waals surface area contributed by atoms with Crippen molar-refractivity contribution in [3.8, 4) is 6.07 Å². The van der Waals surface area contributed by atoms with Crippen molar-refractivity contribution in [2.24, 2.45) is 0 Å². The summed E-state index contributed by atoms with van der Waals surface area (Å²) in [5, 5.41) is 19.5. The predicted molar refractivity (Wildman–Crippen MR) is 69.9 cm³/mol. The van der Waals surface area contributed by atoms with Crippen LogP contribution in [0.25, 0.3) is 0 Å². The van der Waals surface area contributed by atoms with Crippen molar-refractivity contribution in [1.82, 2.24) is 4.90 Å². The van der Waals surface area contributed by atoms with E-state index >= 15 is 0 Å². The molecule has 6 nitrogen and oxygen atoms in total. The number of nitrogens with zero attached hydrogens (tertiary/aromatic N) is 3. The van der Waals surface area contributed by atoms with E-state index in [2.05, 4.69) is 0 Å². The molecular formula is C12H12ClN3O3. The molecule has 0 N–H and O–H groups in total. The first-order chi connectivity index (χ1) is 9.02. The second-order valence-corrected chi connectivity index (χ2v) is 4.09. The highest BCUT2D eigenvalue weighted by molar-refractivity contribution is 6.34. The van der Waals surface area contributed by atoms with Crippen molar-refractivity contribution in [2.75, 3.05) is 13.1 Å². The van der Waals surface area contributed by atoms with Crippen LogP contribution in [0.5, 0.6) is 0 Å². The number of carbonyl (C=O) groups is 1. The van der Waals surface area contributed by atoms with Gasteiger partial charge in [-0.1, -0.05) is 17.7 Å². The Hall–Kier alpha value is -2.13. The molecule has 1 rings (SSSR count). The fraction of sp³-hybridized carbons (Fsp3) is 0.333. The molecule has 1 amide bonds. The molecule has 0 aromatic heterocycles. The first-order valence-corrected chi connectivity index (χ1v) is 5.99. The summed E-state index contributed by atoms with van der Waals surface area (Å²) in [6.07, 6.45) is 0.165. The minimum absolute atomic E-state index is 0.0367. The number of nitro benzene ring substituents is 1. The molecule has 19 heavy (non-hydrogen) atoms. The summed E-state index contributed by atoms with van der Waals surface area (Å²) in [5.41, 5.74) is -0.457. The lowest BCUT2D eigenvalue weighted by atomic mass is 10.1. The molecule has 0 aliphatic rings. The zero-order valence-electron chi connectivity index (χ0n) is 10.3. The number of hydrogen-bond acceptors (Lipinski definition) is 4. The van der Waals surface area contributed by atoms with Crippen LogP contribution in [0.1, 0.15) is 23.7 Å². The van der Waals surface area contributed by atoms with Crippen LogP contribution in [0.2, 0.25) is 5.02 Å². The standard InChI is InChI=1S/C12H12ClN3O3/c1-2-15(8-4-7-14)12(17)11-9(13)5-3-6-10(11)16(18)19/h3,5-6H,2,4,8H2,1H3. The first kappa shape index (κ1) is 14.9. The summed E-state index contributed by atoms with van der Waals surface area (Å²) in [4.78, 5) is 23.9. The van der Waals surface area contributed by atoms with E-state index in [1.54, 1.807) is 6.92 Å². The van der Waals surface area contributed by atoms with Crippen molar-refractivity contribution >= 4 is 23.2 Å². The monoisotopic (exact) mass is 281 g/mol. The highest BCUT2D eigenvalue weighted by Gasteiger charge is 2.26. The van der Waals surface area contributed by atoms with Gasteiger partial charge in [-0.3, -0.25) is 14.9 Å². The molecule has 100 valence electrons. The zero-order chi connectivity index (χ0) is 14.4. The van der Waals surface area contributed by atoms with Crippen molar-refractivity contribution in [3.05, 3.63) is 38.9 Å². The Kier molecular flexibility index (Phi) is 5.27. The third kappa shape index (κ3) is 3.42. The number of nitriles is 1. The summed E-state index contributed by atoms with van der Waals surface area (Å²) < 4.78 is 0. The highest BCUT2D eigenvalue weighted by Crippen LogP contribution is 2.27. The molecule has 0 aliphatic carbocycles. The van der Waals surface area contributed by atoms with Gasteiger partial charge in [0.1, 0.15) is 5.56 Å². The Labute approximate surface area is 115 Å². The highest BCUT2D eigenvalue weighted by atomic mass is 35.5. The van der Waals surface area contributed by atoms with Crippen molar-refractivity contribution in [1.29, 1.82) is 5.26 Å². The van der Waals surface area contributed by atoms with E-state index in [-0.39, 0.29) is 29.2 Å². The maximum absolute atomic E-state index is 12.3. The van der Waals surface area contributed by atoms with Crippen LogP contribution in [0.15, 0.2) is 18.2 Å². The number of rotatable bonds is 5. The van der Waals surface area contributed by atoms with Crippen LogP contribution in [-0.4, -0.2) is 28.8 Å². The summed E-state index contributed by atoms with van der Waals surface area (Å²) in [7, 11) is 0. The van der Waals surface area contributed by atoms with Crippen LogP contribution in [-0.2, 0) is 0 Å². The van der Waals surface area contributed by atoms with Gasteiger partial charge in [-0.2, -0.15) is 5.26 Å². The molecule has 0 fully saturated rings. The van der Waals surface area contributed by atoms with Gasteiger partial charge in [-0.05, 0) is 13.0 Å². The third-order valence-corrected chi connectivity index (χ3v) is 2.88. The van der Waals surface area contributed by atoms with Crippen LogP contribution in [0.3, 0.4) is 0 Å². The summed E-state index contributed by atoms with van der Waals surface area (Å²) in [6.45, 7) is 2.30. The van der Waals surface area contributed by atoms with E-state index in [0.717, 1.165) is 0 Å². The van der Waals surface area contributed by atoms with Gasteiger partial charge in [0.2, 0.25) is 0 Å². The second kappa shape index (κ2) is 6.71. The normalized spacial score (nSPS) is 9.74. The maximum Gasteiger partial charge on any atom is 0.283 e. The molecule has 0 heterocycles. The summed E-state index contributed by atoms with van der Waals surface area (Å²) >= 11 is 5.89. The molecule has 0 bridgehead atoms. The molecule has 0 saturated heterocycles. The van der Waals surface area contributed by atoms with Crippen molar-refractivity contribution < 1.29 is 9.72 Å². The fourth-order valence-corrected chi connectivity index (χ4v) is 1.87. The van der Waals surface area contributed by atoms with Crippen molar-refractivity contribution in [3.63, 3.8) is 0 Å². The van der Waals surface area contributed by atoms with Gasteiger partial charge in [-0.15, -0.1) is 0 Å². The molecule has 0 aliphatic heterocycles. The zero-order valence-corrected chi connectivity index (χ0v) is 11.1. The third-order valence-electron chi connectivity index (χ3n) is 2.56. The fourth-order valence-electron chi connectivity index (χ4n) is 1.62. The van der Waals surface area contributed by atoms with Gasteiger partial charge in [0, 0.05) is 19.2 Å². The van der Waals surface area contributed by atoms with Gasteiger partial charge in [0.15, 0.2) is 0 Å². The molecule has 0 atom stereocenters. The van der Waals surface area contributed by atoms with Crippen LogP contribution >= 0.6 is 11.6 Å². The molecule has 7 heteroatoms. The summed E-state index contributed by atoms with van der Waals surface area (Å²) in [5.74, 6) is -0.532. The largest absolute Gasteiger partial charge is 0.338 e. The lowest BCUT2D eigenvalue weighted by molar-refractivity contribution is -0.385. The van der Waals surface area contributed by atoms with Gasteiger partial charge in [0.05, 0.1) is 22.4 Å². The Morgan fingerprint density at radius 1 is 1.58 bits per heavy atom. The summed E-state index contributed by atoms with van der Waals surface area (Å²) in [6, 6.07) is 6.01. The average molecular weight is 282 g/mol. The topological polar surface area (TPSA) is 87.2 Å². The number of hydrogen-bond donors (Lipinski definition) is 0. The number of amides is 1. The lowest BCUT2D eigenvalue weighted by Crippen LogP contribution is -2.32. The second-order valence-electron chi connectivity index (χ2n) is 3.68. The predicted octanol–water partition coefficient (Wildman–Crippen LogP) is 2.62. The number of carbonyl (C=O) groups excluding carboxylic acids is 1. The SMILES string of the molecule is CCN(CCC#N)C(=O)c1c(Cl)cccc1[N+](=O)[O-]. The molecule has 1 aromatic carbocycles. The van der Waals surface area contributed by atoms with E-state index in [1.165, 1.54) is 23.1 Å². The van der Waals surface area contributed by atoms with Gasteiger partial charge >= 0.3 is 0 Å². The van der Waals surface area contributed by atoms with Crippen molar-refractivity contribution in [2.45, 2.75) is 13.3 Å². The van der Waals surface area contributed by atoms with Gasteiger partial charge < -0.3 is 4.90 Å². The maximum atomic E-state index is 12.3. The first-order valence-electron chi connectivity index (χ1n) is 5.62. The number of nitro groups is 1. The van der Waals surface area contributed by atoms with E-state index in [9.17, 15) is 14.9 Å². The van der Waals surface area contributed by atoms with Gasteiger partial charge in [-0.25, -0.2) is 0 Å². The number of halogens is 1. The van der Waals surface area contributed by atoms with E-state index in [4.69, 9.17) is 16.9 Å². The Bertz CT molecular complexity index is 540. The number of benzene rings is 1. The van der Waals surface area contributed by atoms with Crippen LogP contribution in [0, 0.1) is 21.4 Å². The Morgan fingerprint density at radius 2 is 2.26 bits per heavy atom. The Balaban J connectivity index is 3.17. The molecule has 0 spiro atoms. The molecule has 1 aromatic rings. The quantitative estimate of drug-likeness (QED) is 0.613. The molecule has 0 saturated carbocycles. The lowest BCUT2D eigenvalue weighted by Gasteiger charge is -2.19. The van der Waals surface area contributed by atoms with Crippen LogP contribution < -0.4 is 0 Å². The minimum Gasteiger partial charge on any atom is -0.338 e. The molecule has 0 unspecified atom stereocenters. The molecular weight excluding hydrogens is 270 g/mol. The van der Waals surface area contributed by atoms with E-state index < -0.39 is 10.8 Å². The molecule has 0 radical (unpaired) electrons. The van der Waals surface area contributed by atoms with Crippen LogP contribution in [0.4, 0.5) is 5.69 Å². The van der Waals surface area contributed by atoms with E-state index in [1.807, 2.05) is 6.07 Å². The average Bonchev–Trinajstić information content (AvgIpc) is 2.38. The van der Waals surface area contributed by atoms with Gasteiger partial charge in [0.25, 0.3) is 11.6 Å².